The summed E-state index contributed by atoms with van der Waals surface area (Å²) in [4.78, 5) is 13.5. The van der Waals surface area contributed by atoms with Gasteiger partial charge in [0, 0.05) is 6.07 Å². The SMILES string of the molecule is Cc1nc(C=O)cc(F)c1F. The topological polar surface area (TPSA) is 30.0 Å². The van der Waals surface area contributed by atoms with Crippen molar-refractivity contribution in [3.8, 4) is 0 Å². The highest BCUT2D eigenvalue weighted by Gasteiger charge is 2.07. The number of hydrogen-bond donors (Lipinski definition) is 0. The zero-order chi connectivity index (χ0) is 8.43. The van der Waals surface area contributed by atoms with E-state index in [1.165, 1.54) is 6.92 Å². The zero-order valence-corrected chi connectivity index (χ0v) is 5.77. The van der Waals surface area contributed by atoms with Crippen LogP contribution in [0.5, 0.6) is 0 Å². The third kappa shape index (κ3) is 1.39. The van der Waals surface area contributed by atoms with Gasteiger partial charge in [-0.05, 0) is 6.92 Å². The molecule has 0 aliphatic carbocycles. The lowest BCUT2D eigenvalue weighted by Gasteiger charge is -1.96. The highest BCUT2D eigenvalue weighted by molar-refractivity contribution is 5.71. The molecule has 0 saturated carbocycles. The van der Waals surface area contributed by atoms with Gasteiger partial charge in [-0.15, -0.1) is 0 Å². The molecule has 4 heteroatoms. The molecule has 1 rings (SSSR count). The first-order valence-electron chi connectivity index (χ1n) is 2.93. The number of aromatic nitrogens is 1. The van der Waals surface area contributed by atoms with Crippen LogP contribution in [0, 0.1) is 18.6 Å². The summed E-state index contributed by atoms with van der Waals surface area (Å²) in [6.45, 7) is 1.30. The van der Waals surface area contributed by atoms with Crippen LogP contribution >= 0.6 is 0 Å². The Morgan fingerprint density at radius 3 is 2.64 bits per heavy atom. The molecule has 0 N–H and O–H groups in total. The van der Waals surface area contributed by atoms with E-state index in [-0.39, 0.29) is 11.4 Å². The summed E-state index contributed by atoms with van der Waals surface area (Å²) in [5.74, 6) is -2.05. The van der Waals surface area contributed by atoms with Crippen molar-refractivity contribution in [2.24, 2.45) is 0 Å². The average Bonchev–Trinajstić information content (AvgIpc) is 1.99. The van der Waals surface area contributed by atoms with Gasteiger partial charge >= 0.3 is 0 Å². The third-order valence-corrected chi connectivity index (χ3v) is 1.22. The second-order valence-electron chi connectivity index (χ2n) is 2.05. The maximum atomic E-state index is 12.5. The number of nitrogens with zero attached hydrogens (tertiary/aromatic N) is 1. The number of carbonyl (C=O) groups is 1. The largest absolute Gasteiger partial charge is 0.296 e. The Kier molecular flexibility index (Phi) is 1.94. The second kappa shape index (κ2) is 2.74. The standard InChI is InChI=1S/C7H5F2NO/c1-4-7(9)6(8)2-5(3-11)10-4/h2-3H,1H3. The molecule has 2 nitrogen and oxygen atoms in total. The highest BCUT2D eigenvalue weighted by Crippen LogP contribution is 2.08. The molecule has 0 spiro atoms. The summed E-state index contributed by atoms with van der Waals surface area (Å²) in [6.07, 6.45) is 0.371. The van der Waals surface area contributed by atoms with E-state index in [2.05, 4.69) is 4.98 Å². The normalized spacial score (nSPS) is 9.73. The first-order valence-corrected chi connectivity index (χ1v) is 2.93. The van der Waals surface area contributed by atoms with Crippen LogP contribution in [0.15, 0.2) is 6.07 Å². The van der Waals surface area contributed by atoms with Gasteiger partial charge in [0.15, 0.2) is 17.9 Å². The van der Waals surface area contributed by atoms with Crippen molar-refractivity contribution in [2.45, 2.75) is 6.92 Å². The van der Waals surface area contributed by atoms with Gasteiger partial charge in [-0.25, -0.2) is 13.8 Å². The maximum absolute atomic E-state index is 12.5. The van der Waals surface area contributed by atoms with Gasteiger partial charge in [-0.3, -0.25) is 4.79 Å². The number of pyridine rings is 1. The van der Waals surface area contributed by atoms with Crippen molar-refractivity contribution in [1.82, 2.24) is 4.98 Å². The highest BCUT2D eigenvalue weighted by atomic mass is 19.2. The van der Waals surface area contributed by atoms with Crippen molar-refractivity contribution in [2.75, 3.05) is 0 Å². The van der Waals surface area contributed by atoms with Crippen molar-refractivity contribution in [3.05, 3.63) is 29.1 Å². The van der Waals surface area contributed by atoms with Crippen LogP contribution in [0.1, 0.15) is 16.2 Å². The molecule has 11 heavy (non-hydrogen) atoms. The lowest BCUT2D eigenvalue weighted by Crippen LogP contribution is -1.97. The van der Waals surface area contributed by atoms with E-state index in [1.54, 1.807) is 0 Å². The number of aldehydes is 1. The van der Waals surface area contributed by atoms with E-state index in [0.717, 1.165) is 6.07 Å². The Morgan fingerprint density at radius 1 is 1.55 bits per heavy atom. The van der Waals surface area contributed by atoms with Crippen LogP contribution in [0.25, 0.3) is 0 Å². The van der Waals surface area contributed by atoms with Crippen LogP contribution in [-0.2, 0) is 0 Å². The smallest absolute Gasteiger partial charge is 0.180 e. The molecule has 0 radical (unpaired) electrons. The van der Waals surface area contributed by atoms with E-state index >= 15 is 0 Å². The molecule has 0 aromatic carbocycles. The Bertz CT molecular complexity index is 275. The second-order valence-corrected chi connectivity index (χ2v) is 2.05. The molecule has 0 aliphatic heterocycles. The van der Waals surface area contributed by atoms with E-state index in [0.29, 0.717) is 6.29 Å². The number of carbonyl (C=O) groups excluding carboxylic acids is 1. The molecule has 58 valence electrons. The molecular formula is C7H5F2NO. The van der Waals surface area contributed by atoms with Crippen LogP contribution in [-0.4, -0.2) is 11.3 Å². The Morgan fingerprint density at radius 2 is 2.18 bits per heavy atom. The minimum atomic E-state index is -1.04. The lowest BCUT2D eigenvalue weighted by molar-refractivity contribution is 0.111. The fourth-order valence-electron chi connectivity index (χ4n) is 0.701. The summed E-state index contributed by atoms with van der Waals surface area (Å²) in [6, 6.07) is 0.759. The number of rotatable bonds is 1. The van der Waals surface area contributed by atoms with Crippen LogP contribution in [0.2, 0.25) is 0 Å². The molecule has 1 aromatic heterocycles. The fourth-order valence-corrected chi connectivity index (χ4v) is 0.701. The van der Waals surface area contributed by atoms with Crippen molar-refractivity contribution < 1.29 is 13.6 Å². The van der Waals surface area contributed by atoms with E-state index in [9.17, 15) is 13.6 Å². The van der Waals surface area contributed by atoms with Crippen LogP contribution < -0.4 is 0 Å². The van der Waals surface area contributed by atoms with E-state index in [1.807, 2.05) is 0 Å². The monoisotopic (exact) mass is 157 g/mol. The first kappa shape index (κ1) is 7.78. The molecular weight excluding hydrogens is 152 g/mol. The van der Waals surface area contributed by atoms with Gasteiger partial charge in [0.05, 0.1) is 5.69 Å². The molecule has 0 unspecified atom stereocenters. The minimum Gasteiger partial charge on any atom is -0.296 e. The summed E-state index contributed by atoms with van der Waals surface area (Å²) in [7, 11) is 0. The molecule has 0 atom stereocenters. The van der Waals surface area contributed by atoms with E-state index in [4.69, 9.17) is 0 Å². The number of aryl methyl sites for hydroxylation is 1. The summed E-state index contributed by atoms with van der Waals surface area (Å²) < 4.78 is 24.9. The predicted octanol–water partition coefficient (Wildman–Crippen LogP) is 1.48. The quantitative estimate of drug-likeness (QED) is 0.578. The lowest BCUT2D eigenvalue weighted by atomic mass is 10.3. The van der Waals surface area contributed by atoms with Crippen LogP contribution in [0.4, 0.5) is 8.78 Å². The molecule has 0 amide bonds. The molecule has 0 fully saturated rings. The molecule has 1 aromatic rings. The van der Waals surface area contributed by atoms with E-state index < -0.39 is 11.6 Å². The van der Waals surface area contributed by atoms with Gasteiger partial charge < -0.3 is 0 Å². The summed E-state index contributed by atoms with van der Waals surface area (Å²) >= 11 is 0. The van der Waals surface area contributed by atoms with Crippen molar-refractivity contribution >= 4 is 6.29 Å². The predicted molar refractivity (Wildman–Crippen MR) is 34.3 cm³/mol. The average molecular weight is 157 g/mol. The van der Waals surface area contributed by atoms with Gasteiger partial charge in [0.25, 0.3) is 0 Å². The van der Waals surface area contributed by atoms with Crippen LogP contribution in [0.3, 0.4) is 0 Å². The Hall–Kier alpha value is -1.32. The number of halogens is 2. The molecule has 0 aliphatic rings. The Labute approximate surface area is 61.9 Å². The summed E-state index contributed by atoms with van der Waals surface area (Å²) in [5, 5.41) is 0. The van der Waals surface area contributed by atoms with Gasteiger partial charge in [-0.2, -0.15) is 0 Å². The number of hydrogen-bond acceptors (Lipinski definition) is 2. The maximum Gasteiger partial charge on any atom is 0.180 e. The molecule has 0 bridgehead atoms. The molecule has 1 heterocycles. The Balaban J connectivity index is 3.31. The molecule has 0 saturated heterocycles. The third-order valence-electron chi connectivity index (χ3n) is 1.22. The van der Waals surface area contributed by atoms with Crippen molar-refractivity contribution in [1.29, 1.82) is 0 Å². The van der Waals surface area contributed by atoms with Gasteiger partial charge in [0.2, 0.25) is 0 Å². The van der Waals surface area contributed by atoms with Crippen molar-refractivity contribution in [3.63, 3.8) is 0 Å². The minimum absolute atomic E-state index is 0.0959. The van der Waals surface area contributed by atoms with Gasteiger partial charge in [0.1, 0.15) is 5.69 Å². The van der Waals surface area contributed by atoms with Gasteiger partial charge in [-0.1, -0.05) is 0 Å². The zero-order valence-electron chi connectivity index (χ0n) is 5.77. The first-order chi connectivity index (χ1) is 5.15. The fraction of sp³-hybridized carbons (Fsp3) is 0.143. The summed E-state index contributed by atoms with van der Waals surface area (Å²) in [5.41, 5.74) is -0.200.